The van der Waals surface area contributed by atoms with E-state index in [1.165, 1.54) is 0 Å². The highest BCUT2D eigenvalue weighted by Gasteiger charge is 2.33. The van der Waals surface area contributed by atoms with Crippen LogP contribution in [0.15, 0.2) is 42.7 Å². The van der Waals surface area contributed by atoms with Crippen LogP contribution >= 0.6 is 0 Å². The Morgan fingerprint density at radius 2 is 2.03 bits per heavy atom. The van der Waals surface area contributed by atoms with E-state index in [1.54, 1.807) is 35.5 Å². The second-order valence-corrected chi connectivity index (χ2v) is 7.16. The SMILES string of the molecule is CCOc1cc(C(=O)N2CC(C(=O)O)CCC2C)ccc1OCc1cccnc1. The van der Waals surface area contributed by atoms with E-state index in [2.05, 4.69) is 4.98 Å². The first-order chi connectivity index (χ1) is 14.0. The largest absolute Gasteiger partial charge is 0.490 e. The summed E-state index contributed by atoms with van der Waals surface area (Å²) in [5, 5.41) is 9.32. The van der Waals surface area contributed by atoms with Crippen LogP contribution < -0.4 is 9.47 Å². The maximum atomic E-state index is 13.1. The molecular weight excluding hydrogens is 372 g/mol. The van der Waals surface area contributed by atoms with Gasteiger partial charge in [0.05, 0.1) is 12.5 Å². The monoisotopic (exact) mass is 398 g/mol. The number of piperidine rings is 1. The first-order valence-corrected chi connectivity index (χ1v) is 9.82. The van der Waals surface area contributed by atoms with Crippen molar-refractivity contribution in [2.24, 2.45) is 5.92 Å². The Kier molecular flexibility index (Phi) is 6.69. The second-order valence-electron chi connectivity index (χ2n) is 7.16. The van der Waals surface area contributed by atoms with Gasteiger partial charge in [-0.2, -0.15) is 0 Å². The highest BCUT2D eigenvalue weighted by molar-refractivity contribution is 5.95. The Bertz CT molecular complexity index is 856. The van der Waals surface area contributed by atoms with Crippen molar-refractivity contribution in [2.75, 3.05) is 13.2 Å². The molecule has 154 valence electrons. The number of hydrogen-bond acceptors (Lipinski definition) is 5. The van der Waals surface area contributed by atoms with Crippen molar-refractivity contribution in [3.05, 3.63) is 53.9 Å². The predicted octanol–water partition coefficient (Wildman–Crippen LogP) is 3.38. The predicted molar refractivity (Wildman–Crippen MR) is 107 cm³/mol. The van der Waals surface area contributed by atoms with Crippen LogP contribution in [0, 0.1) is 5.92 Å². The summed E-state index contributed by atoms with van der Waals surface area (Å²) in [7, 11) is 0. The summed E-state index contributed by atoms with van der Waals surface area (Å²) >= 11 is 0. The van der Waals surface area contributed by atoms with E-state index < -0.39 is 11.9 Å². The third-order valence-corrected chi connectivity index (χ3v) is 5.10. The number of carboxylic acid groups (broad SMARTS) is 1. The normalized spacial score (nSPS) is 18.9. The molecule has 0 aliphatic carbocycles. The van der Waals surface area contributed by atoms with E-state index in [0.29, 0.717) is 43.1 Å². The van der Waals surface area contributed by atoms with E-state index in [9.17, 15) is 14.7 Å². The van der Waals surface area contributed by atoms with Gasteiger partial charge >= 0.3 is 5.97 Å². The molecule has 3 rings (SSSR count). The maximum absolute atomic E-state index is 13.1. The summed E-state index contributed by atoms with van der Waals surface area (Å²) in [4.78, 5) is 30.1. The summed E-state index contributed by atoms with van der Waals surface area (Å²) in [6.45, 7) is 4.81. The van der Waals surface area contributed by atoms with Crippen molar-refractivity contribution in [3.8, 4) is 11.5 Å². The minimum Gasteiger partial charge on any atom is -0.490 e. The molecule has 2 aromatic rings. The Balaban J connectivity index is 1.77. The molecule has 1 fully saturated rings. The minimum absolute atomic E-state index is 0.00449. The molecule has 29 heavy (non-hydrogen) atoms. The second kappa shape index (κ2) is 9.41. The standard InChI is InChI=1S/C22H26N2O5/c1-3-28-20-11-17(8-9-19(20)29-14-16-5-4-10-23-12-16)21(25)24-13-18(22(26)27)7-6-15(24)2/h4-5,8-12,15,18H,3,6-7,13-14H2,1-2H3,(H,26,27). The summed E-state index contributed by atoms with van der Waals surface area (Å²) in [6, 6.07) is 8.84. The molecule has 1 N–H and O–H groups in total. The van der Waals surface area contributed by atoms with Crippen molar-refractivity contribution in [3.63, 3.8) is 0 Å². The van der Waals surface area contributed by atoms with Gasteiger partial charge in [-0.1, -0.05) is 6.07 Å². The average Bonchev–Trinajstić information content (AvgIpc) is 2.73. The maximum Gasteiger partial charge on any atom is 0.308 e. The molecular formula is C22H26N2O5. The fraction of sp³-hybridized carbons (Fsp3) is 0.409. The lowest BCUT2D eigenvalue weighted by molar-refractivity contribution is -0.143. The number of amides is 1. The smallest absolute Gasteiger partial charge is 0.308 e. The molecule has 0 radical (unpaired) electrons. The number of rotatable bonds is 7. The van der Waals surface area contributed by atoms with Crippen LogP contribution in [0.2, 0.25) is 0 Å². The zero-order chi connectivity index (χ0) is 20.8. The average molecular weight is 398 g/mol. The molecule has 1 saturated heterocycles. The van der Waals surface area contributed by atoms with Crippen LogP contribution in [0.5, 0.6) is 11.5 Å². The van der Waals surface area contributed by atoms with E-state index >= 15 is 0 Å². The number of pyridine rings is 1. The van der Waals surface area contributed by atoms with Gasteiger partial charge in [-0.25, -0.2) is 0 Å². The number of likely N-dealkylation sites (tertiary alicyclic amines) is 1. The van der Waals surface area contributed by atoms with Crippen molar-refractivity contribution < 1.29 is 24.2 Å². The molecule has 7 nitrogen and oxygen atoms in total. The molecule has 0 saturated carbocycles. The first kappa shape index (κ1) is 20.6. The van der Waals surface area contributed by atoms with Crippen LogP contribution in [0.3, 0.4) is 0 Å². The highest BCUT2D eigenvalue weighted by atomic mass is 16.5. The van der Waals surface area contributed by atoms with Crippen LogP contribution in [0.25, 0.3) is 0 Å². The number of nitrogens with zero attached hydrogens (tertiary/aromatic N) is 2. The van der Waals surface area contributed by atoms with Crippen molar-refractivity contribution in [1.82, 2.24) is 9.88 Å². The Hall–Kier alpha value is -3.09. The van der Waals surface area contributed by atoms with Crippen LogP contribution in [0.4, 0.5) is 0 Å². The molecule has 0 bridgehead atoms. The zero-order valence-corrected chi connectivity index (χ0v) is 16.7. The van der Waals surface area contributed by atoms with Gasteiger partial charge in [-0.3, -0.25) is 14.6 Å². The molecule has 2 atom stereocenters. The molecule has 0 spiro atoms. The third kappa shape index (κ3) is 5.04. The lowest BCUT2D eigenvalue weighted by atomic mass is 9.93. The number of hydrogen-bond donors (Lipinski definition) is 1. The quantitative estimate of drug-likeness (QED) is 0.769. The van der Waals surface area contributed by atoms with Crippen molar-refractivity contribution in [2.45, 2.75) is 39.3 Å². The lowest BCUT2D eigenvalue weighted by Gasteiger charge is -2.36. The Labute approximate surface area is 170 Å². The van der Waals surface area contributed by atoms with E-state index in [1.807, 2.05) is 26.0 Å². The highest BCUT2D eigenvalue weighted by Crippen LogP contribution is 2.31. The van der Waals surface area contributed by atoms with Gasteiger partial charge in [-0.05, 0) is 51.0 Å². The molecule has 7 heteroatoms. The molecule has 1 aliphatic rings. The number of aromatic nitrogens is 1. The Morgan fingerprint density at radius 1 is 1.21 bits per heavy atom. The van der Waals surface area contributed by atoms with Crippen LogP contribution in [-0.4, -0.2) is 46.1 Å². The van der Waals surface area contributed by atoms with Gasteiger partial charge in [0.1, 0.15) is 6.61 Å². The Morgan fingerprint density at radius 3 is 2.72 bits per heavy atom. The van der Waals surface area contributed by atoms with Crippen LogP contribution in [-0.2, 0) is 11.4 Å². The summed E-state index contributed by atoms with van der Waals surface area (Å²) < 4.78 is 11.5. The summed E-state index contributed by atoms with van der Waals surface area (Å²) in [5.74, 6) is -0.542. The molecule has 1 aromatic heterocycles. The summed E-state index contributed by atoms with van der Waals surface area (Å²) in [5.41, 5.74) is 1.39. The van der Waals surface area contributed by atoms with Crippen molar-refractivity contribution in [1.29, 1.82) is 0 Å². The fourth-order valence-electron chi connectivity index (χ4n) is 3.43. The van der Waals surface area contributed by atoms with Gasteiger partial charge in [0.2, 0.25) is 0 Å². The number of aliphatic carboxylic acids is 1. The first-order valence-electron chi connectivity index (χ1n) is 9.82. The third-order valence-electron chi connectivity index (χ3n) is 5.10. The molecule has 1 amide bonds. The van der Waals surface area contributed by atoms with E-state index in [-0.39, 0.29) is 18.5 Å². The van der Waals surface area contributed by atoms with Crippen LogP contribution in [0.1, 0.15) is 42.6 Å². The topological polar surface area (TPSA) is 89.0 Å². The lowest BCUT2D eigenvalue weighted by Crippen LogP contribution is -2.47. The number of benzene rings is 1. The molecule has 2 unspecified atom stereocenters. The molecule has 1 aliphatic heterocycles. The summed E-state index contributed by atoms with van der Waals surface area (Å²) in [6.07, 6.45) is 4.69. The van der Waals surface area contributed by atoms with Gasteiger partial charge in [-0.15, -0.1) is 0 Å². The molecule has 2 heterocycles. The zero-order valence-electron chi connectivity index (χ0n) is 16.7. The van der Waals surface area contributed by atoms with Gasteiger partial charge in [0.15, 0.2) is 11.5 Å². The fourth-order valence-corrected chi connectivity index (χ4v) is 3.43. The number of carbonyl (C=O) groups excluding carboxylic acids is 1. The minimum atomic E-state index is -0.858. The van der Waals surface area contributed by atoms with E-state index in [0.717, 1.165) is 5.56 Å². The molecule has 1 aromatic carbocycles. The number of ether oxygens (including phenoxy) is 2. The van der Waals surface area contributed by atoms with E-state index in [4.69, 9.17) is 9.47 Å². The van der Waals surface area contributed by atoms with Gasteiger partial charge in [0, 0.05) is 36.1 Å². The number of carbonyl (C=O) groups is 2. The number of carboxylic acids is 1. The van der Waals surface area contributed by atoms with Crippen molar-refractivity contribution >= 4 is 11.9 Å². The van der Waals surface area contributed by atoms with Gasteiger partial charge in [0.25, 0.3) is 5.91 Å². The van der Waals surface area contributed by atoms with Gasteiger partial charge < -0.3 is 19.5 Å².